The van der Waals surface area contributed by atoms with Gasteiger partial charge in [-0.2, -0.15) is 62.6 Å². The third kappa shape index (κ3) is 1290. The van der Waals surface area contributed by atoms with Crippen molar-refractivity contribution in [1.29, 1.82) is 0 Å². The van der Waals surface area contributed by atoms with Crippen LogP contribution >= 0.6 is 62.6 Å². The first-order valence-corrected chi connectivity index (χ1v) is 17.5. The van der Waals surface area contributed by atoms with Crippen molar-refractivity contribution in [1.82, 2.24) is 0 Å². The Morgan fingerprint density at radius 2 is 0.154 bits per heavy atom. The van der Waals surface area contributed by atoms with E-state index in [0.717, 1.165) is 0 Å². The van der Waals surface area contributed by atoms with E-state index in [2.05, 4.69) is 0 Å². The molecular weight excluding hydrogens is 1980 g/mol. The topological polar surface area (TPSA) is 690 Å². The first kappa shape index (κ1) is 132. The molecule has 0 bridgehead atoms. The van der Waals surface area contributed by atoms with E-state index in [1.54, 1.807) is 0 Å². The molecule has 0 heterocycles. The van der Waals surface area contributed by atoms with Gasteiger partial charge in [0.05, 0.1) is 0 Å². The van der Waals surface area contributed by atoms with Gasteiger partial charge in [-0.3, -0.25) is 0 Å². The zero-order chi connectivity index (χ0) is 36.0. The summed E-state index contributed by atoms with van der Waals surface area (Å²) >= 11 is 0. The predicted molar refractivity (Wildman–Crippen MR) is 95.4 cm³/mol. The number of phosphoric acid groups is 8. The van der Waals surface area contributed by atoms with Crippen LogP contribution in [0.5, 0.6) is 0 Å². The van der Waals surface area contributed by atoms with Crippen molar-refractivity contribution in [3.05, 3.63) is 0 Å². The van der Waals surface area contributed by atoms with E-state index in [1.807, 2.05) is 0 Å². The summed E-state index contributed by atoms with van der Waals surface area (Å²) in [5.74, 6) is 0. The first-order valence-electron chi connectivity index (χ1n) is 5.84. The van der Waals surface area contributed by atoms with Gasteiger partial charge in [0.25, 0.3) is 0 Å². The molecule has 0 spiro atoms. The summed E-state index contributed by atoms with van der Waals surface area (Å²) in [5, 5.41) is 0. The Morgan fingerprint density at radius 1 is 0.154 bits per heavy atom. The molecule has 32 nitrogen and oxygen atoms in total. The van der Waals surface area contributed by atoms with Crippen molar-refractivity contribution >= 4 is 356 Å². The second-order valence-corrected chi connectivity index (χ2v) is 10.7. The molecule has 0 saturated heterocycles. The Kier molecular flexibility index (Phi) is 176. The second-order valence-electron chi connectivity index (χ2n) is 3.58. The maximum absolute atomic E-state index is 8.55. The van der Waals surface area contributed by atoms with Crippen molar-refractivity contribution in [2.45, 2.75) is 0 Å². The maximum atomic E-state index is 8.55. The van der Waals surface area contributed by atoms with Gasteiger partial charge in [0.1, 0.15) is 0 Å². The Balaban J connectivity index is -0.0000000121. The van der Waals surface area contributed by atoms with Gasteiger partial charge >= 0.3 is 410 Å². The average Bonchev–Trinajstić information content (AvgIpc) is 2.16. The molecular formula is Ba6O32P8Zn6. The molecule has 0 N–H and O–H groups in total. The van der Waals surface area contributed by atoms with Gasteiger partial charge in [-0.15, -0.1) is 0 Å². The minimum atomic E-state index is -5.39. The van der Waals surface area contributed by atoms with Crippen LogP contribution in [0.25, 0.3) is 0 Å². The molecule has 0 aliphatic rings. The molecule has 52 heteroatoms. The van der Waals surface area contributed by atoms with Crippen LogP contribution in [0.3, 0.4) is 0 Å². The van der Waals surface area contributed by atoms with E-state index in [4.69, 9.17) is 154 Å². The van der Waals surface area contributed by atoms with Gasteiger partial charge in [0.2, 0.25) is 0 Å². The summed E-state index contributed by atoms with van der Waals surface area (Å²) in [7, 11) is -43.1. The Bertz CT molecular complexity index is 691. The predicted octanol–water partition coefficient (Wildman–Crippen LogP) is -24.9. The van der Waals surface area contributed by atoms with E-state index in [-0.39, 0.29) is 410 Å². The molecule has 0 aromatic heterocycles. The van der Waals surface area contributed by atoms with E-state index in [0.29, 0.717) is 0 Å². The average molecular weight is 1980 g/mol. The van der Waals surface area contributed by atoms with Crippen LogP contribution in [0.4, 0.5) is 0 Å². The monoisotopic (exact) mass is 1970 g/mol. The Hall–Kier alpha value is 14.0. The molecule has 0 aromatic rings. The largest absolute Gasteiger partial charge is 2.00 e. The van der Waals surface area contributed by atoms with Crippen molar-refractivity contribution in [3.8, 4) is 0 Å². The number of hydrogen-bond donors (Lipinski definition) is 0. The molecule has 0 fully saturated rings. The zero-order valence-corrected chi connectivity index (χ0v) is 76.7. The summed E-state index contributed by atoms with van der Waals surface area (Å²) in [4.78, 5) is 205. The van der Waals surface area contributed by atoms with Crippen LogP contribution < -0.4 is 117 Å². The second kappa shape index (κ2) is 69.3. The summed E-state index contributed by atoms with van der Waals surface area (Å²) in [6.45, 7) is 0. The third-order valence-electron chi connectivity index (χ3n) is 0. The smallest absolute Gasteiger partial charge is 0.822 e. The van der Waals surface area contributed by atoms with Crippen LogP contribution in [-0.4, -0.2) is 293 Å². The normalized spacial score (nSPS) is 9.08. The van der Waals surface area contributed by atoms with Gasteiger partial charge in [-0.25, -0.2) is 0 Å². The maximum Gasteiger partial charge on any atom is 2.00 e. The fraction of sp³-hybridized carbons (Fsp3) is 0. The van der Waals surface area contributed by atoms with Crippen molar-refractivity contribution < 1.29 is 271 Å². The van der Waals surface area contributed by atoms with Crippen molar-refractivity contribution in [2.75, 3.05) is 0 Å². The van der Waals surface area contributed by atoms with Crippen LogP contribution in [-0.2, 0) is 153 Å². The minimum absolute atomic E-state index is 0. The Labute approximate surface area is 610 Å². The molecule has 0 aliphatic carbocycles. The standard InChI is InChI=1S/6Ba.8H3O4P.6Zn/c;;;;;;8*1-5(2,3)4;;;;;;/h;;;;;;8*(H3,1,2,3,4);;;;;;/q6*+2;;;;;;;;;6*+2/p-24. The van der Waals surface area contributed by atoms with Gasteiger partial charge in [-0.1, -0.05) is 0 Å². The first-order chi connectivity index (χ1) is 16.0. The molecule has 0 aromatic carbocycles. The number of rotatable bonds is 0. The summed E-state index contributed by atoms with van der Waals surface area (Å²) < 4.78 is 68.4. The van der Waals surface area contributed by atoms with E-state index >= 15 is 0 Å². The fourth-order valence-electron chi connectivity index (χ4n) is 0. The molecule has 52 heavy (non-hydrogen) atoms. The molecule has 0 saturated carbocycles. The number of hydrogen-bond acceptors (Lipinski definition) is 32. The van der Waals surface area contributed by atoms with Crippen molar-refractivity contribution in [2.24, 2.45) is 0 Å². The van der Waals surface area contributed by atoms with E-state index in [9.17, 15) is 0 Å². The van der Waals surface area contributed by atoms with Crippen LogP contribution in [0.1, 0.15) is 0 Å². The zero-order valence-electron chi connectivity index (χ0n) is 25.1. The van der Waals surface area contributed by atoms with E-state index < -0.39 is 62.6 Å². The van der Waals surface area contributed by atoms with Crippen LogP contribution in [0.2, 0.25) is 0 Å². The van der Waals surface area contributed by atoms with Gasteiger partial charge in [-0.05, 0) is 0 Å². The SMILES string of the molecule is O=P([O-])([O-])[O-].O=P([O-])([O-])[O-].O=P([O-])([O-])[O-].O=P([O-])([O-])[O-].O=P([O-])([O-])[O-].O=P([O-])([O-])[O-].O=P([O-])([O-])[O-].O=P([O-])([O-])[O-].[Ba+2].[Ba+2].[Ba+2].[Ba+2].[Ba+2].[Ba+2].[Zn+2].[Zn+2].[Zn+2].[Zn+2].[Zn+2].[Zn+2]. The molecule has 256 valence electrons. The van der Waals surface area contributed by atoms with E-state index in [1.165, 1.54) is 0 Å². The quantitative estimate of drug-likeness (QED) is 0.160. The molecule has 0 aliphatic heterocycles. The third-order valence-corrected chi connectivity index (χ3v) is 0. The molecule has 0 rings (SSSR count). The van der Waals surface area contributed by atoms with Gasteiger partial charge in [0.15, 0.2) is 0 Å². The summed E-state index contributed by atoms with van der Waals surface area (Å²) in [6.07, 6.45) is 0. The van der Waals surface area contributed by atoms with Gasteiger partial charge in [0, 0.05) is 0 Å². The molecule has 0 atom stereocenters. The molecule has 0 radical (unpaired) electrons. The van der Waals surface area contributed by atoms with Crippen LogP contribution in [0.15, 0.2) is 0 Å². The van der Waals surface area contributed by atoms with Crippen LogP contribution in [0, 0.1) is 0 Å². The fourth-order valence-corrected chi connectivity index (χ4v) is 0. The summed E-state index contributed by atoms with van der Waals surface area (Å²) in [5.41, 5.74) is 0. The summed E-state index contributed by atoms with van der Waals surface area (Å²) in [6, 6.07) is 0. The van der Waals surface area contributed by atoms with Gasteiger partial charge < -0.3 is 154 Å². The molecule has 0 unspecified atom stereocenters. The van der Waals surface area contributed by atoms with Crippen molar-refractivity contribution in [3.63, 3.8) is 0 Å². The minimum Gasteiger partial charge on any atom is -0.822 e. The molecule has 0 amide bonds. The Morgan fingerprint density at radius 3 is 0.154 bits per heavy atom.